The lowest BCUT2D eigenvalue weighted by atomic mass is 10.0. The molecule has 29 heavy (non-hydrogen) atoms. The zero-order chi connectivity index (χ0) is 20.2. The predicted molar refractivity (Wildman–Crippen MR) is 112 cm³/mol. The van der Waals surface area contributed by atoms with Gasteiger partial charge in [0.15, 0.2) is 5.76 Å². The summed E-state index contributed by atoms with van der Waals surface area (Å²) in [6, 6.07) is 8.67. The maximum atomic E-state index is 10.9. The van der Waals surface area contributed by atoms with Crippen LogP contribution < -0.4 is 0 Å². The number of pyridine rings is 1. The lowest BCUT2D eigenvalue weighted by molar-refractivity contribution is 0.159. The van der Waals surface area contributed by atoms with Gasteiger partial charge in [0.05, 0.1) is 16.3 Å². The van der Waals surface area contributed by atoms with E-state index in [2.05, 4.69) is 16.2 Å². The highest BCUT2D eigenvalue weighted by Crippen LogP contribution is 2.37. The first-order valence-corrected chi connectivity index (χ1v) is 9.89. The van der Waals surface area contributed by atoms with E-state index in [-0.39, 0.29) is 6.61 Å². The number of hydrogen-bond acceptors (Lipinski definition) is 5. The van der Waals surface area contributed by atoms with Gasteiger partial charge in [-0.3, -0.25) is 4.98 Å². The van der Waals surface area contributed by atoms with E-state index in [1.165, 1.54) is 0 Å². The van der Waals surface area contributed by atoms with Crippen LogP contribution in [0.3, 0.4) is 0 Å². The normalized spacial score (nSPS) is 14.5. The molecule has 1 aliphatic carbocycles. The largest absolute Gasteiger partial charge is 0.493 e. The van der Waals surface area contributed by atoms with Crippen molar-refractivity contribution in [2.24, 2.45) is 0 Å². The Morgan fingerprint density at radius 1 is 1.24 bits per heavy atom. The summed E-state index contributed by atoms with van der Waals surface area (Å²) in [6.07, 6.45) is 9.93. The molecule has 1 aromatic carbocycles. The smallest absolute Gasteiger partial charge is 0.177 e. The first kappa shape index (κ1) is 19.7. The number of rotatable bonds is 6. The van der Waals surface area contributed by atoms with Gasteiger partial charge in [0.1, 0.15) is 18.4 Å². The molecule has 2 heterocycles. The summed E-state index contributed by atoms with van der Waals surface area (Å²) in [5, 5.41) is 16.0. The number of aliphatic hydroxyl groups excluding tert-OH is 1. The highest BCUT2D eigenvalue weighted by molar-refractivity contribution is 6.36. The summed E-state index contributed by atoms with van der Waals surface area (Å²) in [7, 11) is 0. The van der Waals surface area contributed by atoms with Crippen LogP contribution in [0, 0.1) is 0 Å². The molecule has 1 unspecified atom stereocenters. The number of nitrogens with zero attached hydrogens (tertiary/aromatic N) is 2. The van der Waals surface area contributed by atoms with Crippen molar-refractivity contribution in [2.45, 2.75) is 25.6 Å². The molecule has 4 rings (SSSR count). The molecule has 0 aliphatic heterocycles. The Morgan fingerprint density at radius 3 is 2.86 bits per heavy atom. The van der Waals surface area contributed by atoms with Crippen LogP contribution in [0.1, 0.15) is 35.8 Å². The fourth-order valence-corrected chi connectivity index (χ4v) is 3.62. The van der Waals surface area contributed by atoms with Crippen LogP contribution in [-0.4, -0.2) is 15.2 Å². The zero-order valence-corrected chi connectivity index (χ0v) is 16.9. The van der Waals surface area contributed by atoms with Crippen LogP contribution in [-0.2, 0) is 11.3 Å². The molecule has 5 nitrogen and oxygen atoms in total. The number of allylic oxidation sites excluding steroid dienone is 4. The van der Waals surface area contributed by atoms with Gasteiger partial charge in [0.2, 0.25) is 0 Å². The van der Waals surface area contributed by atoms with Crippen LogP contribution >= 0.6 is 23.2 Å². The van der Waals surface area contributed by atoms with Crippen LogP contribution in [0.5, 0.6) is 0 Å². The first-order chi connectivity index (χ1) is 14.1. The molecule has 7 heteroatoms. The minimum absolute atomic E-state index is 0.185. The van der Waals surface area contributed by atoms with Crippen molar-refractivity contribution in [3.63, 3.8) is 0 Å². The highest BCUT2D eigenvalue weighted by atomic mass is 35.5. The number of hydrogen-bond donors (Lipinski definition) is 1. The Labute approximate surface area is 178 Å². The van der Waals surface area contributed by atoms with Gasteiger partial charge in [-0.2, -0.15) is 0 Å². The SMILES string of the molecule is OC(c1cccnc1)c1onc(-c2ccc(Cl)cc2Cl)c1COC1=CC=CCC1. The van der Waals surface area contributed by atoms with Crippen molar-refractivity contribution in [3.8, 4) is 11.3 Å². The van der Waals surface area contributed by atoms with Crippen molar-refractivity contribution in [1.82, 2.24) is 10.1 Å². The fraction of sp³-hybridized carbons (Fsp3) is 0.182. The standard InChI is InChI=1S/C22H18Cl2N2O3/c23-15-8-9-17(19(24)11-15)20-18(13-28-16-6-2-1-3-7-16)22(29-26-20)21(27)14-5-4-10-25-12-14/h1-2,4-6,8-12,21,27H,3,7,13H2. The van der Waals surface area contributed by atoms with Gasteiger partial charge in [-0.1, -0.05) is 46.6 Å². The van der Waals surface area contributed by atoms with E-state index < -0.39 is 6.10 Å². The van der Waals surface area contributed by atoms with Crippen LogP contribution in [0.2, 0.25) is 10.0 Å². The molecule has 0 bridgehead atoms. The van der Waals surface area contributed by atoms with Crippen molar-refractivity contribution < 1.29 is 14.4 Å². The monoisotopic (exact) mass is 428 g/mol. The predicted octanol–water partition coefficient (Wildman–Crippen LogP) is 5.88. The molecular weight excluding hydrogens is 411 g/mol. The lowest BCUT2D eigenvalue weighted by Gasteiger charge is -2.14. The highest BCUT2D eigenvalue weighted by Gasteiger charge is 2.26. The van der Waals surface area contributed by atoms with E-state index in [0.717, 1.165) is 18.6 Å². The van der Waals surface area contributed by atoms with Crippen LogP contribution in [0.4, 0.5) is 0 Å². The molecule has 2 aromatic heterocycles. The van der Waals surface area contributed by atoms with Gasteiger partial charge >= 0.3 is 0 Å². The van der Waals surface area contributed by atoms with Crippen molar-refractivity contribution >= 4 is 23.2 Å². The molecule has 0 radical (unpaired) electrons. The minimum Gasteiger partial charge on any atom is -0.493 e. The average Bonchev–Trinajstić information content (AvgIpc) is 3.16. The Bertz CT molecular complexity index is 1060. The molecule has 0 fully saturated rings. The van der Waals surface area contributed by atoms with E-state index in [1.807, 2.05) is 12.2 Å². The summed E-state index contributed by atoms with van der Waals surface area (Å²) < 4.78 is 11.6. The van der Waals surface area contributed by atoms with Gasteiger partial charge in [-0.05, 0) is 36.8 Å². The van der Waals surface area contributed by atoms with Gasteiger partial charge in [-0.25, -0.2) is 0 Å². The first-order valence-electron chi connectivity index (χ1n) is 9.14. The lowest BCUT2D eigenvalue weighted by Crippen LogP contribution is -2.05. The zero-order valence-electron chi connectivity index (χ0n) is 15.4. The summed E-state index contributed by atoms with van der Waals surface area (Å²) in [5.41, 5.74) is 2.39. The molecule has 3 aromatic rings. The fourth-order valence-electron chi connectivity index (χ4n) is 3.12. The third kappa shape index (κ3) is 4.37. The number of aromatic nitrogens is 2. The second-order valence-electron chi connectivity index (χ2n) is 6.58. The molecule has 148 valence electrons. The topological polar surface area (TPSA) is 68.4 Å². The molecule has 0 amide bonds. The number of aliphatic hydroxyl groups is 1. The Hall–Kier alpha value is -2.60. The van der Waals surface area contributed by atoms with E-state index in [1.54, 1.807) is 42.7 Å². The Morgan fingerprint density at radius 2 is 2.14 bits per heavy atom. The number of ether oxygens (including phenoxy) is 1. The maximum Gasteiger partial charge on any atom is 0.177 e. The molecule has 0 saturated heterocycles. The number of halogens is 2. The Balaban J connectivity index is 1.73. The van der Waals surface area contributed by atoms with E-state index >= 15 is 0 Å². The molecule has 1 N–H and O–H groups in total. The summed E-state index contributed by atoms with van der Waals surface area (Å²) in [5.74, 6) is 1.16. The Kier molecular flexibility index (Phi) is 6.00. The van der Waals surface area contributed by atoms with Gasteiger partial charge in [0, 0.05) is 35.0 Å². The second-order valence-corrected chi connectivity index (χ2v) is 7.42. The molecule has 1 aliphatic rings. The van der Waals surface area contributed by atoms with E-state index in [9.17, 15) is 5.11 Å². The van der Waals surface area contributed by atoms with Gasteiger partial charge < -0.3 is 14.4 Å². The van der Waals surface area contributed by atoms with E-state index in [4.69, 9.17) is 32.5 Å². The number of benzene rings is 1. The van der Waals surface area contributed by atoms with Crippen LogP contribution in [0.25, 0.3) is 11.3 Å². The molecular formula is C22H18Cl2N2O3. The third-order valence-corrected chi connectivity index (χ3v) is 5.18. The van der Waals surface area contributed by atoms with Crippen LogP contribution in [0.15, 0.2) is 71.2 Å². The van der Waals surface area contributed by atoms with Gasteiger partial charge in [0.25, 0.3) is 0 Å². The average molecular weight is 429 g/mol. The van der Waals surface area contributed by atoms with Crippen molar-refractivity contribution in [3.05, 3.63) is 93.6 Å². The quantitative estimate of drug-likeness (QED) is 0.530. The van der Waals surface area contributed by atoms with Crippen molar-refractivity contribution in [2.75, 3.05) is 0 Å². The second kappa shape index (κ2) is 8.82. The van der Waals surface area contributed by atoms with Gasteiger partial charge in [-0.15, -0.1) is 0 Å². The summed E-state index contributed by atoms with van der Waals surface area (Å²) in [6.45, 7) is 0.185. The van der Waals surface area contributed by atoms with E-state index in [0.29, 0.717) is 38.2 Å². The maximum absolute atomic E-state index is 10.9. The summed E-state index contributed by atoms with van der Waals surface area (Å²) >= 11 is 12.4. The molecule has 0 saturated carbocycles. The van der Waals surface area contributed by atoms with Crippen molar-refractivity contribution in [1.29, 1.82) is 0 Å². The minimum atomic E-state index is -1.03. The molecule has 0 spiro atoms. The summed E-state index contributed by atoms with van der Waals surface area (Å²) in [4.78, 5) is 4.06. The molecule has 1 atom stereocenters. The third-order valence-electron chi connectivity index (χ3n) is 4.63.